The molecule has 0 amide bonds. The van der Waals surface area contributed by atoms with Crippen molar-refractivity contribution in [2.45, 2.75) is 19.4 Å². The predicted molar refractivity (Wildman–Crippen MR) is 76.9 cm³/mol. The minimum absolute atomic E-state index is 0.390. The van der Waals surface area contributed by atoms with E-state index in [4.69, 9.17) is 18.9 Å². The van der Waals surface area contributed by atoms with Gasteiger partial charge in [0.05, 0.1) is 46.0 Å². The van der Waals surface area contributed by atoms with Gasteiger partial charge in [0, 0.05) is 12.1 Å². The van der Waals surface area contributed by atoms with Crippen molar-refractivity contribution in [3.63, 3.8) is 0 Å². The molecule has 21 heavy (non-hydrogen) atoms. The highest BCUT2D eigenvalue weighted by Crippen LogP contribution is 2.41. The van der Waals surface area contributed by atoms with E-state index in [1.807, 2.05) is 0 Å². The standard InChI is InChI=1S/C15H22O6/c1-6-10(15(17)21-5)14(16)13-11(19-3)7-9(18-2)8-12(13)20-4/h7-8,10,14,16H,6H2,1-5H3. The molecule has 0 saturated heterocycles. The molecule has 2 unspecified atom stereocenters. The van der Waals surface area contributed by atoms with Gasteiger partial charge in [-0.05, 0) is 6.42 Å². The highest BCUT2D eigenvalue weighted by atomic mass is 16.5. The Balaban J connectivity index is 3.35. The lowest BCUT2D eigenvalue weighted by atomic mass is 9.92. The van der Waals surface area contributed by atoms with Gasteiger partial charge in [-0.25, -0.2) is 0 Å². The number of hydrogen-bond acceptors (Lipinski definition) is 6. The van der Waals surface area contributed by atoms with E-state index in [1.54, 1.807) is 19.1 Å². The molecule has 0 aliphatic carbocycles. The maximum absolute atomic E-state index is 11.8. The predicted octanol–water partition coefficient (Wildman–Crippen LogP) is 1.94. The van der Waals surface area contributed by atoms with Gasteiger partial charge in [0.15, 0.2) is 0 Å². The third-order valence-corrected chi connectivity index (χ3v) is 3.37. The number of methoxy groups -OCH3 is 4. The number of rotatable bonds is 7. The van der Waals surface area contributed by atoms with Crippen molar-refractivity contribution in [3.05, 3.63) is 17.7 Å². The Kier molecular flexibility index (Phi) is 6.30. The van der Waals surface area contributed by atoms with Crippen molar-refractivity contribution in [1.82, 2.24) is 0 Å². The quantitative estimate of drug-likeness (QED) is 0.776. The summed E-state index contributed by atoms with van der Waals surface area (Å²) in [7, 11) is 5.76. The maximum atomic E-state index is 11.8. The van der Waals surface area contributed by atoms with Crippen molar-refractivity contribution in [2.24, 2.45) is 5.92 Å². The van der Waals surface area contributed by atoms with Gasteiger partial charge in [-0.3, -0.25) is 4.79 Å². The second kappa shape index (κ2) is 7.73. The van der Waals surface area contributed by atoms with E-state index in [1.165, 1.54) is 28.4 Å². The summed E-state index contributed by atoms with van der Waals surface area (Å²) < 4.78 is 20.5. The number of ether oxygens (including phenoxy) is 4. The molecule has 0 fully saturated rings. The molecule has 0 spiro atoms. The molecular weight excluding hydrogens is 276 g/mol. The monoisotopic (exact) mass is 298 g/mol. The first-order chi connectivity index (χ1) is 10.0. The van der Waals surface area contributed by atoms with Crippen LogP contribution >= 0.6 is 0 Å². The highest BCUT2D eigenvalue weighted by molar-refractivity contribution is 5.74. The van der Waals surface area contributed by atoms with Gasteiger partial charge < -0.3 is 24.1 Å². The van der Waals surface area contributed by atoms with Crippen LogP contribution in [0.25, 0.3) is 0 Å². The van der Waals surface area contributed by atoms with Crippen LogP contribution in [0.5, 0.6) is 17.2 Å². The molecule has 2 atom stereocenters. The van der Waals surface area contributed by atoms with E-state index < -0.39 is 18.0 Å². The fourth-order valence-corrected chi connectivity index (χ4v) is 2.20. The molecule has 0 bridgehead atoms. The smallest absolute Gasteiger partial charge is 0.311 e. The Morgan fingerprint density at radius 3 is 1.95 bits per heavy atom. The third-order valence-electron chi connectivity index (χ3n) is 3.37. The van der Waals surface area contributed by atoms with Gasteiger partial charge in [0.2, 0.25) is 0 Å². The van der Waals surface area contributed by atoms with Crippen molar-refractivity contribution in [2.75, 3.05) is 28.4 Å². The molecule has 1 N–H and O–H groups in total. The molecule has 6 heteroatoms. The van der Waals surface area contributed by atoms with Crippen LogP contribution in [0.15, 0.2) is 12.1 Å². The summed E-state index contributed by atoms with van der Waals surface area (Å²) in [6.45, 7) is 1.80. The van der Waals surface area contributed by atoms with Gasteiger partial charge >= 0.3 is 5.97 Å². The van der Waals surface area contributed by atoms with E-state index in [9.17, 15) is 9.90 Å². The Bertz CT molecular complexity index is 460. The lowest BCUT2D eigenvalue weighted by Crippen LogP contribution is -2.23. The second-order valence-corrected chi connectivity index (χ2v) is 4.43. The Labute approximate surface area is 124 Å². The normalized spacial score (nSPS) is 13.2. The number of carbonyl (C=O) groups excluding carboxylic acids is 1. The molecule has 1 aromatic carbocycles. The van der Waals surface area contributed by atoms with Gasteiger partial charge in [-0.2, -0.15) is 0 Å². The fourth-order valence-electron chi connectivity index (χ4n) is 2.20. The Hall–Kier alpha value is -1.95. The summed E-state index contributed by atoms with van der Waals surface area (Å²) in [4.78, 5) is 11.8. The van der Waals surface area contributed by atoms with E-state index in [0.717, 1.165) is 0 Å². The molecule has 0 aliphatic rings. The van der Waals surface area contributed by atoms with E-state index >= 15 is 0 Å². The number of benzene rings is 1. The van der Waals surface area contributed by atoms with E-state index in [2.05, 4.69) is 0 Å². The van der Waals surface area contributed by atoms with Gasteiger partial charge in [-0.1, -0.05) is 6.92 Å². The van der Waals surface area contributed by atoms with Crippen LogP contribution in [0.4, 0.5) is 0 Å². The topological polar surface area (TPSA) is 74.2 Å². The first kappa shape index (κ1) is 17.1. The summed E-state index contributed by atoms with van der Waals surface area (Å²) in [5, 5.41) is 10.6. The second-order valence-electron chi connectivity index (χ2n) is 4.43. The average Bonchev–Trinajstić information content (AvgIpc) is 2.53. The minimum atomic E-state index is -1.10. The van der Waals surface area contributed by atoms with Crippen LogP contribution in [0, 0.1) is 5.92 Å². The van der Waals surface area contributed by atoms with Crippen molar-refractivity contribution < 1.29 is 28.8 Å². The van der Waals surface area contributed by atoms with Crippen LogP contribution in [0.3, 0.4) is 0 Å². The molecule has 0 aliphatic heterocycles. The Morgan fingerprint density at radius 2 is 1.62 bits per heavy atom. The van der Waals surface area contributed by atoms with Crippen LogP contribution < -0.4 is 14.2 Å². The molecule has 0 saturated carbocycles. The van der Waals surface area contributed by atoms with E-state index in [-0.39, 0.29) is 0 Å². The van der Waals surface area contributed by atoms with Crippen LogP contribution in [0.1, 0.15) is 25.0 Å². The zero-order valence-electron chi connectivity index (χ0n) is 13.0. The zero-order valence-corrected chi connectivity index (χ0v) is 13.0. The summed E-state index contributed by atoms with van der Waals surface area (Å²) in [5.74, 6) is 0.129. The fraction of sp³-hybridized carbons (Fsp3) is 0.533. The Morgan fingerprint density at radius 1 is 1.10 bits per heavy atom. The summed E-state index contributed by atoms with van der Waals surface area (Å²) in [6.07, 6.45) is -0.676. The third kappa shape index (κ3) is 3.58. The summed E-state index contributed by atoms with van der Waals surface area (Å²) in [5.41, 5.74) is 0.401. The van der Waals surface area contributed by atoms with Gasteiger partial charge in [-0.15, -0.1) is 0 Å². The molecule has 0 heterocycles. The number of hydrogen-bond donors (Lipinski definition) is 1. The molecule has 1 aromatic rings. The average molecular weight is 298 g/mol. The number of aliphatic hydroxyl groups excluding tert-OH is 1. The summed E-state index contributed by atoms with van der Waals surface area (Å²) >= 11 is 0. The number of aliphatic hydroxyl groups is 1. The molecule has 0 radical (unpaired) electrons. The highest BCUT2D eigenvalue weighted by Gasteiger charge is 2.32. The van der Waals surface area contributed by atoms with Crippen LogP contribution in [-0.4, -0.2) is 39.5 Å². The zero-order chi connectivity index (χ0) is 16.0. The molecular formula is C15H22O6. The minimum Gasteiger partial charge on any atom is -0.496 e. The molecule has 118 valence electrons. The molecule has 1 rings (SSSR count). The number of esters is 1. The summed E-state index contributed by atoms with van der Waals surface area (Å²) in [6, 6.07) is 3.26. The van der Waals surface area contributed by atoms with Crippen molar-refractivity contribution in [3.8, 4) is 17.2 Å². The first-order valence-electron chi connectivity index (χ1n) is 6.59. The van der Waals surface area contributed by atoms with Crippen molar-refractivity contribution in [1.29, 1.82) is 0 Å². The largest absolute Gasteiger partial charge is 0.496 e. The molecule has 6 nitrogen and oxygen atoms in total. The maximum Gasteiger partial charge on any atom is 0.311 e. The van der Waals surface area contributed by atoms with Gasteiger partial charge in [0.1, 0.15) is 17.2 Å². The SMILES string of the molecule is CCC(C(=O)OC)C(O)c1c(OC)cc(OC)cc1OC. The molecule has 0 aromatic heterocycles. The van der Waals surface area contributed by atoms with Crippen LogP contribution in [-0.2, 0) is 9.53 Å². The first-order valence-corrected chi connectivity index (χ1v) is 6.59. The lowest BCUT2D eigenvalue weighted by molar-refractivity contribution is -0.149. The lowest BCUT2D eigenvalue weighted by Gasteiger charge is -2.23. The van der Waals surface area contributed by atoms with E-state index in [0.29, 0.717) is 29.2 Å². The van der Waals surface area contributed by atoms with Crippen LogP contribution in [0.2, 0.25) is 0 Å². The number of carbonyl (C=O) groups is 1. The van der Waals surface area contributed by atoms with Gasteiger partial charge in [0.25, 0.3) is 0 Å². The van der Waals surface area contributed by atoms with Crippen molar-refractivity contribution >= 4 is 5.97 Å².